The van der Waals surface area contributed by atoms with Gasteiger partial charge in [-0.25, -0.2) is 4.79 Å². The van der Waals surface area contributed by atoms with E-state index < -0.39 is 5.97 Å². The van der Waals surface area contributed by atoms with Crippen molar-refractivity contribution in [2.24, 2.45) is 5.41 Å². The summed E-state index contributed by atoms with van der Waals surface area (Å²) in [7, 11) is 0. The maximum absolute atomic E-state index is 12.4. The van der Waals surface area contributed by atoms with E-state index in [1.54, 1.807) is 4.90 Å². The zero-order chi connectivity index (χ0) is 15.5. The van der Waals surface area contributed by atoms with Crippen LogP contribution in [0.2, 0.25) is 0 Å². The van der Waals surface area contributed by atoms with E-state index in [9.17, 15) is 9.59 Å². The molecule has 1 aromatic carbocycles. The van der Waals surface area contributed by atoms with Gasteiger partial charge in [0.15, 0.2) is 0 Å². The monoisotopic (exact) mass is 290 g/mol. The number of amides is 2. The highest BCUT2D eigenvalue weighted by molar-refractivity contribution is 5.92. The van der Waals surface area contributed by atoms with Crippen LogP contribution in [-0.4, -0.2) is 29.7 Å². The minimum atomic E-state index is -0.841. The molecule has 1 fully saturated rings. The quantitative estimate of drug-likeness (QED) is 0.846. The number of hydrogen-bond donors (Lipinski definition) is 2. The molecular formula is C16H22N2O3. The number of benzene rings is 1. The molecule has 0 spiro atoms. The molecule has 2 N–H and O–H groups in total. The summed E-state index contributed by atoms with van der Waals surface area (Å²) in [6, 6.07) is 9.40. The Morgan fingerprint density at radius 2 is 1.95 bits per heavy atom. The predicted octanol–water partition coefficient (Wildman–Crippen LogP) is 2.87. The van der Waals surface area contributed by atoms with Crippen LogP contribution >= 0.6 is 0 Å². The van der Waals surface area contributed by atoms with Gasteiger partial charge in [0.05, 0.1) is 0 Å². The zero-order valence-corrected chi connectivity index (χ0v) is 12.5. The van der Waals surface area contributed by atoms with Gasteiger partial charge in [0.25, 0.3) is 0 Å². The molecule has 0 aromatic heterocycles. The SMILES string of the molecule is CC1(C)CC1NC(=O)N(CCCC(=O)O)c1ccccc1. The van der Waals surface area contributed by atoms with Crippen LogP contribution in [0.1, 0.15) is 33.1 Å². The zero-order valence-electron chi connectivity index (χ0n) is 12.5. The number of para-hydroxylation sites is 1. The molecule has 21 heavy (non-hydrogen) atoms. The van der Waals surface area contributed by atoms with Crippen molar-refractivity contribution in [1.29, 1.82) is 0 Å². The summed E-state index contributed by atoms with van der Waals surface area (Å²) in [5.74, 6) is -0.841. The number of hydrogen-bond acceptors (Lipinski definition) is 2. The number of carbonyl (C=O) groups is 2. The van der Waals surface area contributed by atoms with E-state index >= 15 is 0 Å². The van der Waals surface area contributed by atoms with Gasteiger partial charge < -0.3 is 10.4 Å². The molecule has 1 aliphatic rings. The third-order valence-electron chi connectivity index (χ3n) is 3.90. The summed E-state index contributed by atoms with van der Waals surface area (Å²) < 4.78 is 0. The van der Waals surface area contributed by atoms with Gasteiger partial charge in [0.2, 0.25) is 0 Å². The van der Waals surface area contributed by atoms with Crippen molar-refractivity contribution in [3.05, 3.63) is 30.3 Å². The van der Waals surface area contributed by atoms with Crippen molar-refractivity contribution in [3.63, 3.8) is 0 Å². The topological polar surface area (TPSA) is 69.6 Å². The molecule has 114 valence electrons. The number of carboxylic acid groups (broad SMARTS) is 1. The Kier molecular flexibility index (Phi) is 4.50. The second kappa shape index (κ2) is 6.16. The molecule has 2 rings (SSSR count). The van der Waals surface area contributed by atoms with Gasteiger partial charge in [-0.3, -0.25) is 9.69 Å². The fourth-order valence-electron chi connectivity index (χ4n) is 2.28. The lowest BCUT2D eigenvalue weighted by molar-refractivity contribution is -0.137. The average molecular weight is 290 g/mol. The Balaban J connectivity index is 2.01. The van der Waals surface area contributed by atoms with Gasteiger partial charge >= 0.3 is 12.0 Å². The fraction of sp³-hybridized carbons (Fsp3) is 0.500. The van der Waals surface area contributed by atoms with E-state index in [4.69, 9.17) is 5.11 Å². The highest BCUT2D eigenvalue weighted by atomic mass is 16.4. The molecule has 1 saturated carbocycles. The summed E-state index contributed by atoms with van der Waals surface area (Å²) in [5, 5.41) is 11.8. The van der Waals surface area contributed by atoms with Gasteiger partial charge in [-0.15, -0.1) is 0 Å². The molecule has 2 amide bonds. The van der Waals surface area contributed by atoms with Gasteiger partial charge in [-0.2, -0.15) is 0 Å². The molecule has 1 unspecified atom stereocenters. The molecule has 1 aromatic rings. The summed E-state index contributed by atoms with van der Waals surface area (Å²) in [5.41, 5.74) is 0.956. The van der Waals surface area contributed by atoms with E-state index in [0.717, 1.165) is 12.1 Å². The second-order valence-electron chi connectivity index (χ2n) is 6.18. The largest absolute Gasteiger partial charge is 0.481 e. The standard InChI is InChI=1S/C16H22N2O3/c1-16(2)11-13(16)17-15(21)18(10-6-9-14(19)20)12-7-4-3-5-8-12/h3-5,7-8,13H,6,9-11H2,1-2H3,(H,17,21)(H,19,20). The molecule has 0 bridgehead atoms. The van der Waals surface area contributed by atoms with E-state index in [1.807, 2.05) is 30.3 Å². The molecule has 5 nitrogen and oxygen atoms in total. The highest BCUT2D eigenvalue weighted by Gasteiger charge is 2.47. The lowest BCUT2D eigenvalue weighted by atomic mass is 10.2. The Hall–Kier alpha value is -2.04. The number of carbonyl (C=O) groups excluding carboxylic acids is 1. The smallest absolute Gasteiger partial charge is 0.322 e. The molecule has 0 radical (unpaired) electrons. The minimum Gasteiger partial charge on any atom is -0.481 e. The first-order valence-electron chi connectivity index (χ1n) is 7.25. The average Bonchev–Trinajstić information content (AvgIpc) is 3.02. The summed E-state index contributed by atoms with van der Waals surface area (Å²) >= 11 is 0. The number of nitrogens with one attached hydrogen (secondary N) is 1. The van der Waals surface area contributed by atoms with Gasteiger partial charge in [0.1, 0.15) is 0 Å². The van der Waals surface area contributed by atoms with Crippen LogP contribution in [-0.2, 0) is 4.79 Å². The van der Waals surface area contributed by atoms with Crippen molar-refractivity contribution in [2.75, 3.05) is 11.4 Å². The van der Waals surface area contributed by atoms with Crippen LogP contribution in [0.3, 0.4) is 0 Å². The number of anilines is 1. The summed E-state index contributed by atoms with van der Waals surface area (Å²) in [6.07, 6.45) is 1.48. The third kappa shape index (κ3) is 4.21. The van der Waals surface area contributed by atoms with Crippen LogP contribution in [0.5, 0.6) is 0 Å². The number of urea groups is 1. The summed E-state index contributed by atoms with van der Waals surface area (Å²) in [6.45, 7) is 4.64. The number of nitrogens with zero attached hydrogens (tertiary/aromatic N) is 1. The van der Waals surface area contributed by atoms with Gasteiger partial charge in [0, 0.05) is 24.7 Å². The number of rotatable bonds is 6. The Morgan fingerprint density at radius 1 is 1.33 bits per heavy atom. The van der Waals surface area contributed by atoms with Crippen LogP contribution < -0.4 is 10.2 Å². The molecule has 5 heteroatoms. The second-order valence-corrected chi connectivity index (χ2v) is 6.18. The first kappa shape index (κ1) is 15.4. The molecule has 1 atom stereocenters. The van der Waals surface area contributed by atoms with E-state index in [0.29, 0.717) is 13.0 Å². The van der Waals surface area contributed by atoms with Crippen molar-refractivity contribution in [3.8, 4) is 0 Å². The first-order chi connectivity index (χ1) is 9.90. The number of aliphatic carboxylic acids is 1. The molecule has 1 aliphatic carbocycles. The fourth-order valence-corrected chi connectivity index (χ4v) is 2.28. The Labute approximate surface area is 125 Å². The van der Waals surface area contributed by atoms with Crippen LogP contribution in [0.15, 0.2) is 30.3 Å². The minimum absolute atomic E-state index is 0.0610. The van der Waals surface area contributed by atoms with Crippen molar-refractivity contribution >= 4 is 17.7 Å². The van der Waals surface area contributed by atoms with Crippen LogP contribution in [0, 0.1) is 5.41 Å². The van der Waals surface area contributed by atoms with Gasteiger partial charge in [-0.1, -0.05) is 32.0 Å². The lowest BCUT2D eigenvalue weighted by Crippen LogP contribution is -2.42. The van der Waals surface area contributed by atoms with Crippen molar-refractivity contribution in [1.82, 2.24) is 5.32 Å². The van der Waals surface area contributed by atoms with Crippen molar-refractivity contribution < 1.29 is 14.7 Å². The maximum Gasteiger partial charge on any atom is 0.322 e. The summed E-state index contributed by atoms with van der Waals surface area (Å²) in [4.78, 5) is 24.7. The number of carboxylic acids is 1. The Morgan fingerprint density at radius 3 is 2.48 bits per heavy atom. The van der Waals surface area contributed by atoms with Gasteiger partial charge in [-0.05, 0) is 30.4 Å². The van der Waals surface area contributed by atoms with Crippen molar-refractivity contribution in [2.45, 2.75) is 39.2 Å². The normalized spacial score (nSPS) is 18.9. The molecule has 0 saturated heterocycles. The van der Waals surface area contributed by atoms with Crippen LogP contribution in [0.4, 0.5) is 10.5 Å². The van der Waals surface area contributed by atoms with E-state index in [2.05, 4.69) is 19.2 Å². The lowest BCUT2D eigenvalue weighted by Gasteiger charge is -2.23. The third-order valence-corrected chi connectivity index (χ3v) is 3.90. The highest BCUT2D eigenvalue weighted by Crippen LogP contribution is 2.44. The molecular weight excluding hydrogens is 268 g/mol. The van der Waals surface area contributed by atoms with Crippen LogP contribution in [0.25, 0.3) is 0 Å². The van der Waals surface area contributed by atoms with E-state index in [-0.39, 0.29) is 23.9 Å². The molecule has 0 aliphatic heterocycles. The first-order valence-corrected chi connectivity index (χ1v) is 7.25. The predicted molar refractivity (Wildman–Crippen MR) is 81.4 cm³/mol. The van der Waals surface area contributed by atoms with E-state index in [1.165, 1.54) is 0 Å². The Bertz CT molecular complexity index is 514. The maximum atomic E-state index is 12.4. The molecule has 0 heterocycles.